The molecule has 0 saturated carbocycles. The van der Waals surface area contributed by atoms with Crippen molar-refractivity contribution in [3.8, 4) is 0 Å². The van der Waals surface area contributed by atoms with Crippen molar-refractivity contribution in [2.75, 3.05) is 31.2 Å². The first-order chi connectivity index (χ1) is 7.31. The summed E-state index contributed by atoms with van der Waals surface area (Å²) in [5.74, 6) is 0.515. The van der Waals surface area contributed by atoms with E-state index in [1.807, 2.05) is 0 Å². The minimum Gasteiger partial charge on any atom is -0.395 e. The number of nitrogens with zero attached hydrogens (tertiary/aromatic N) is 3. The van der Waals surface area contributed by atoms with Crippen LogP contribution in [-0.4, -0.2) is 46.5 Å². The van der Waals surface area contributed by atoms with Crippen LogP contribution in [0.15, 0.2) is 12.4 Å². The van der Waals surface area contributed by atoms with E-state index in [1.54, 1.807) is 4.90 Å². The van der Waals surface area contributed by atoms with E-state index in [9.17, 15) is 4.39 Å². The standard InChI is InChI=1S/C9H14FN3O2/c10-6-8-5-9(12-7-11-8)13(1-3-14)2-4-15/h5,7,14-15H,1-4,6H2. The fourth-order valence-corrected chi connectivity index (χ4v) is 1.21. The highest BCUT2D eigenvalue weighted by Crippen LogP contribution is 2.10. The average Bonchev–Trinajstić information content (AvgIpc) is 2.29. The molecule has 1 heterocycles. The summed E-state index contributed by atoms with van der Waals surface area (Å²) in [5, 5.41) is 17.6. The second kappa shape index (κ2) is 6.26. The number of alkyl halides is 1. The van der Waals surface area contributed by atoms with Crippen molar-refractivity contribution in [1.82, 2.24) is 9.97 Å². The highest BCUT2D eigenvalue weighted by Gasteiger charge is 2.07. The van der Waals surface area contributed by atoms with Gasteiger partial charge in [0, 0.05) is 19.2 Å². The molecule has 0 bridgehead atoms. The third-order valence-corrected chi connectivity index (χ3v) is 1.91. The molecule has 1 aromatic rings. The van der Waals surface area contributed by atoms with Crippen molar-refractivity contribution in [3.63, 3.8) is 0 Å². The van der Waals surface area contributed by atoms with Crippen LogP contribution >= 0.6 is 0 Å². The van der Waals surface area contributed by atoms with Crippen LogP contribution in [0.25, 0.3) is 0 Å². The number of halogens is 1. The van der Waals surface area contributed by atoms with Gasteiger partial charge < -0.3 is 15.1 Å². The Morgan fingerprint density at radius 3 is 2.40 bits per heavy atom. The maximum Gasteiger partial charge on any atom is 0.132 e. The molecule has 0 radical (unpaired) electrons. The SMILES string of the molecule is OCCN(CCO)c1cc(CF)ncn1. The Hall–Kier alpha value is -1.27. The number of anilines is 1. The third kappa shape index (κ3) is 3.41. The monoisotopic (exact) mass is 215 g/mol. The van der Waals surface area contributed by atoms with Gasteiger partial charge >= 0.3 is 0 Å². The summed E-state index contributed by atoms with van der Waals surface area (Å²) in [5.41, 5.74) is 0.292. The maximum atomic E-state index is 12.3. The lowest BCUT2D eigenvalue weighted by Crippen LogP contribution is -2.30. The molecular weight excluding hydrogens is 201 g/mol. The van der Waals surface area contributed by atoms with Crippen LogP contribution in [0.5, 0.6) is 0 Å². The van der Waals surface area contributed by atoms with Gasteiger partial charge in [0.05, 0.1) is 18.9 Å². The first-order valence-electron chi connectivity index (χ1n) is 4.65. The molecule has 84 valence electrons. The lowest BCUT2D eigenvalue weighted by atomic mass is 10.3. The zero-order chi connectivity index (χ0) is 11.1. The van der Waals surface area contributed by atoms with Gasteiger partial charge in [-0.05, 0) is 0 Å². The molecule has 0 spiro atoms. The number of hydrogen-bond donors (Lipinski definition) is 2. The van der Waals surface area contributed by atoms with Crippen LogP contribution in [0.3, 0.4) is 0 Å². The molecule has 1 aromatic heterocycles. The first kappa shape index (κ1) is 11.8. The lowest BCUT2D eigenvalue weighted by molar-refractivity contribution is 0.280. The van der Waals surface area contributed by atoms with E-state index < -0.39 is 6.67 Å². The van der Waals surface area contributed by atoms with Crippen molar-refractivity contribution < 1.29 is 14.6 Å². The molecule has 15 heavy (non-hydrogen) atoms. The summed E-state index contributed by atoms with van der Waals surface area (Å²) < 4.78 is 12.3. The Morgan fingerprint density at radius 2 is 1.87 bits per heavy atom. The van der Waals surface area contributed by atoms with E-state index in [4.69, 9.17) is 10.2 Å². The van der Waals surface area contributed by atoms with Gasteiger partial charge in [0.1, 0.15) is 18.8 Å². The summed E-state index contributed by atoms with van der Waals surface area (Å²) in [4.78, 5) is 9.34. The molecule has 0 atom stereocenters. The fourth-order valence-electron chi connectivity index (χ4n) is 1.21. The van der Waals surface area contributed by atoms with Gasteiger partial charge in [-0.1, -0.05) is 0 Å². The van der Waals surface area contributed by atoms with Crippen LogP contribution in [0.1, 0.15) is 5.69 Å². The van der Waals surface area contributed by atoms with Crippen molar-refractivity contribution in [2.24, 2.45) is 0 Å². The molecule has 0 aliphatic heterocycles. The first-order valence-corrected chi connectivity index (χ1v) is 4.65. The van der Waals surface area contributed by atoms with Crippen molar-refractivity contribution in [1.29, 1.82) is 0 Å². The average molecular weight is 215 g/mol. The zero-order valence-electron chi connectivity index (χ0n) is 8.30. The molecule has 2 N–H and O–H groups in total. The minimum atomic E-state index is -0.651. The van der Waals surface area contributed by atoms with Gasteiger partial charge in [-0.25, -0.2) is 14.4 Å². The van der Waals surface area contributed by atoms with Gasteiger partial charge in [0.25, 0.3) is 0 Å². The minimum absolute atomic E-state index is 0.0467. The van der Waals surface area contributed by atoms with E-state index >= 15 is 0 Å². The topological polar surface area (TPSA) is 69.5 Å². The second-order valence-electron chi connectivity index (χ2n) is 2.94. The Labute approximate surface area is 87.2 Å². The Balaban J connectivity index is 2.79. The van der Waals surface area contributed by atoms with Crippen LogP contribution in [0.4, 0.5) is 10.2 Å². The van der Waals surface area contributed by atoms with Crippen LogP contribution in [0, 0.1) is 0 Å². The number of hydrogen-bond acceptors (Lipinski definition) is 5. The van der Waals surface area contributed by atoms with Gasteiger partial charge in [0.2, 0.25) is 0 Å². The van der Waals surface area contributed by atoms with Crippen LogP contribution in [0.2, 0.25) is 0 Å². The van der Waals surface area contributed by atoms with Crippen molar-refractivity contribution in [3.05, 3.63) is 18.1 Å². The summed E-state index contributed by atoms with van der Waals surface area (Å²) in [6.07, 6.45) is 1.27. The van der Waals surface area contributed by atoms with E-state index in [0.717, 1.165) is 0 Å². The molecule has 0 aromatic carbocycles. The van der Waals surface area contributed by atoms with Gasteiger partial charge in [-0.15, -0.1) is 0 Å². The molecule has 0 aliphatic rings. The third-order valence-electron chi connectivity index (χ3n) is 1.91. The molecule has 0 unspecified atom stereocenters. The van der Waals surface area contributed by atoms with E-state index in [2.05, 4.69) is 9.97 Å². The normalized spacial score (nSPS) is 10.3. The smallest absolute Gasteiger partial charge is 0.132 e. The molecule has 5 nitrogen and oxygen atoms in total. The second-order valence-corrected chi connectivity index (χ2v) is 2.94. The van der Waals surface area contributed by atoms with Gasteiger partial charge in [-0.2, -0.15) is 0 Å². The molecular formula is C9H14FN3O2. The number of rotatable bonds is 6. The highest BCUT2D eigenvalue weighted by atomic mass is 19.1. The molecule has 1 rings (SSSR count). The quantitative estimate of drug-likeness (QED) is 0.684. The predicted octanol–water partition coefficient (Wildman–Crippen LogP) is -0.263. The lowest BCUT2D eigenvalue weighted by Gasteiger charge is -2.21. The summed E-state index contributed by atoms with van der Waals surface area (Å²) in [6.45, 7) is -0.0435. The van der Waals surface area contributed by atoms with Crippen LogP contribution in [-0.2, 0) is 6.67 Å². The fraction of sp³-hybridized carbons (Fsp3) is 0.556. The molecule has 6 heteroatoms. The number of aromatic nitrogens is 2. The Bertz CT molecular complexity index is 292. The highest BCUT2D eigenvalue weighted by molar-refractivity contribution is 5.38. The van der Waals surface area contributed by atoms with Gasteiger partial charge in [-0.3, -0.25) is 0 Å². The molecule has 0 fully saturated rings. The zero-order valence-corrected chi connectivity index (χ0v) is 8.30. The largest absolute Gasteiger partial charge is 0.395 e. The summed E-state index contributed by atoms with van der Waals surface area (Å²) in [6, 6.07) is 1.51. The Kier molecular flexibility index (Phi) is 4.92. The maximum absolute atomic E-state index is 12.3. The molecule has 0 saturated heterocycles. The van der Waals surface area contributed by atoms with E-state index in [0.29, 0.717) is 24.6 Å². The number of aliphatic hydroxyl groups is 2. The van der Waals surface area contributed by atoms with Gasteiger partial charge in [0.15, 0.2) is 0 Å². The van der Waals surface area contributed by atoms with Crippen molar-refractivity contribution >= 4 is 5.82 Å². The Morgan fingerprint density at radius 1 is 1.20 bits per heavy atom. The van der Waals surface area contributed by atoms with Crippen molar-refractivity contribution in [2.45, 2.75) is 6.67 Å². The van der Waals surface area contributed by atoms with E-state index in [-0.39, 0.29) is 13.2 Å². The number of aliphatic hydroxyl groups excluding tert-OH is 2. The van der Waals surface area contributed by atoms with Crippen LogP contribution < -0.4 is 4.90 Å². The predicted molar refractivity (Wildman–Crippen MR) is 53.2 cm³/mol. The molecule has 0 amide bonds. The summed E-state index contributed by atoms with van der Waals surface area (Å²) >= 11 is 0. The molecule has 0 aliphatic carbocycles. The summed E-state index contributed by atoms with van der Waals surface area (Å²) in [7, 11) is 0. The van der Waals surface area contributed by atoms with E-state index in [1.165, 1.54) is 12.4 Å².